The van der Waals surface area contributed by atoms with Gasteiger partial charge in [-0.3, -0.25) is 18.8 Å². The standard InChI is InChI=1S/C22H24N6O3/c1-13(2)12-27-20(29)17(11-23)14(3)18(21(27)30)24-25-19-15(4)26(5)28(22(19)31)16-9-7-6-8-10-16/h6-10,13,29H,12H2,1-5H3. The van der Waals surface area contributed by atoms with Crippen molar-refractivity contribution in [1.82, 2.24) is 13.9 Å². The number of aromatic hydroxyl groups is 1. The summed E-state index contributed by atoms with van der Waals surface area (Å²) in [4.78, 5) is 26.0. The van der Waals surface area contributed by atoms with Crippen LogP contribution in [0.25, 0.3) is 5.69 Å². The first-order valence-corrected chi connectivity index (χ1v) is 9.81. The van der Waals surface area contributed by atoms with E-state index >= 15 is 0 Å². The molecule has 0 aliphatic heterocycles. The van der Waals surface area contributed by atoms with E-state index in [0.717, 1.165) is 4.57 Å². The molecule has 3 aromatic rings. The summed E-state index contributed by atoms with van der Waals surface area (Å²) in [6.45, 7) is 7.24. The SMILES string of the molecule is Cc1c(C#N)c(O)n(CC(C)C)c(=O)c1N=Nc1c(C)n(C)n(-c2ccccc2)c1=O. The van der Waals surface area contributed by atoms with E-state index in [9.17, 15) is 20.0 Å². The Balaban J connectivity index is 2.19. The molecule has 0 unspecified atom stereocenters. The van der Waals surface area contributed by atoms with Gasteiger partial charge in [-0.2, -0.15) is 5.26 Å². The minimum absolute atomic E-state index is 0.0410. The van der Waals surface area contributed by atoms with Crippen LogP contribution >= 0.6 is 0 Å². The Hall–Kier alpha value is -3.93. The number of aromatic nitrogens is 3. The van der Waals surface area contributed by atoms with Gasteiger partial charge in [-0.15, -0.1) is 10.2 Å². The van der Waals surface area contributed by atoms with Crippen LogP contribution < -0.4 is 11.1 Å². The van der Waals surface area contributed by atoms with Gasteiger partial charge in [0.15, 0.2) is 11.4 Å². The van der Waals surface area contributed by atoms with Crippen LogP contribution in [-0.2, 0) is 13.6 Å². The summed E-state index contributed by atoms with van der Waals surface area (Å²) < 4.78 is 4.24. The van der Waals surface area contributed by atoms with E-state index in [1.165, 1.54) is 11.6 Å². The van der Waals surface area contributed by atoms with Gasteiger partial charge in [0.1, 0.15) is 11.6 Å². The van der Waals surface area contributed by atoms with Gasteiger partial charge in [0, 0.05) is 19.2 Å². The van der Waals surface area contributed by atoms with Crippen LogP contribution in [0.5, 0.6) is 5.88 Å². The van der Waals surface area contributed by atoms with Gasteiger partial charge in [0.25, 0.3) is 11.1 Å². The Morgan fingerprint density at radius 1 is 1.06 bits per heavy atom. The first-order chi connectivity index (χ1) is 14.7. The fraction of sp³-hybridized carbons (Fsp3) is 0.318. The number of nitriles is 1. The van der Waals surface area contributed by atoms with Crippen molar-refractivity contribution < 1.29 is 5.11 Å². The van der Waals surface area contributed by atoms with Crippen LogP contribution in [0.15, 0.2) is 50.1 Å². The second-order valence-corrected chi connectivity index (χ2v) is 7.70. The molecule has 1 N–H and O–H groups in total. The summed E-state index contributed by atoms with van der Waals surface area (Å²) in [6, 6.07) is 11.0. The average molecular weight is 420 g/mol. The van der Waals surface area contributed by atoms with E-state index < -0.39 is 5.56 Å². The minimum atomic E-state index is -0.566. The average Bonchev–Trinajstić information content (AvgIpc) is 2.95. The van der Waals surface area contributed by atoms with Crippen LogP contribution in [-0.4, -0.2) is 19.0 Å². The molecule has 0 amide bonds. The quantitative estimate of drug-likeness (QED) is 0.634. The predicted octanol–water partition coefficient (Wildman–Crippen LogP) is 3.60. The number of nitrogens with zero attached hydrogens (tertiary/aromatic N) is 6. The third kappa shape index (κ3) is 3.80. The molecule has 9 nitrogen and oxygen atoms in total. The Bertz CT molecular complexity index is 1320. The van der Waals surface area contributed by atoms with Crippen molar-refractivity contribution in [1.29, 1.82) is 5.26 Å². The van der Waals surface area contributed by atoms with E-state index in [-0.39, 0.29) is 46.4 Å². The maximum Gasteiger partial charge on any atom is 0.299 e. The molecule has 0 atom stereocenters. The van der Waals surface area contributed by atoms with Crippen LogP contribution in [0.4, 0.5) is 11.4 Å². The molecule has 31 heavy (non-hydrogen) atoms. The van der Waals surface area contributed by atoms with E-state index in [2.05, 4.69) is 10.2 Å². The largest absolute Gasteiger partial charge is 0.493 e. The monoisotopic (exact) mass is 420 g/mol. The molecule has 0 aliphatic rings. The molecular weight excluding hydrogens is 396 g/mol. The highest BCUT2D eigenvalue weighted by molar-refractivity contribution is 5.57. The molecule has 0 radical (unpaired) electrons. The van der Waals surface area contributed by atoms with E-state index in [4.69, 9.17) is 0 Å². The van der Waals surface area contributed by atoms with Gasteiger partial charge in [-0.25, -0.2) is 4.68 Å². The molecule has 0 aliphatic carbocycles. The minimum Gasteiger partial charge on any atom is -0.493 e. The topological polar surface area (TPSA) is 118 Å². The molecule has 0 saturated heterocycles. The van der Waals surface area contributed by atoms with Gasteiger partial charge < -0.3 is 5.11 Å². The van der Waals surface area contributed by atoms with Gasteiger partial charge in [-0.05, 0) is 31.9 Å². The predicted molar refractivity (Wildman–Crippen MR) is 117 cm³/mol. The van der Waals surface area contributed by atoms with Crippen molar-refractivity contribution in [2.75, 3.05) is 0 Å². The third-order valence-corrected chi connectivity index (χ3v) is 5.09. The zero-order chi connectivity index (χ0) is 22.9. The number of azo groups is 1. The van der Waals surface area contributed by atoms with Crippen molar-refractivity contribution in [3.63, 3.8) is 0 Å². The second kappa shape index (κ2) is 8.44. The molecule has 2 heterocycles. The summed E-state index contributed by atoms with van der Waals surface area (Å²) in [7, 11) is 1.73. The molecule has 9 heteroatoms. The molecule has 0 spiro atoms. The van der Waals surface area contributed by atoms with Crippen molar-refractivity contribution >= 4 is 11.4 Å². The summed E-state index contributed by atoms with van der Waals surface area (Å²) in [6.07, 6.45) is 0. The Kier molecular flexibility index (Phi) is 5.92. The number of benzene rings is 1. The van der Waals surface area contributed by atoms with Gasteiger partial charge in [0.05, 0.1) is 11.4 Å². The zero-order valence-corrected chi connectivity index (χ0v) is 18.1. The smallest absolute Gasteiger partial charge is 0.299 e. The summed E-state index contributed by atoms with van der Waals surface area (Å²) in [5.74, 6) is -0.336. The van der Waals surface area contributed by atoms with Crippen LogP contribution in [0, 0.1) is 31.1 Å². The first kappa shape index (κ1) is 21.8. The highest BCUT2D eigenvalue weighted by Gasteiger charge is 2.21. The van der Waals surface area contributed by atoms with E-state index in [1.807, 2.05) is 38.1 Å². The fourth-order valence-corrected chi connectivity index (χ4v) is 3.36. The van der Waals surface area contributed by atoms with Crippen molar-refractivity contribution in [2.45, 2.75) is 34.2 Å². The first-order valence-electron chi connectivity index (χ1n) is 9.81. The Morgan fingerprint density at radius 2 is 1.68 bits per heavy atom. The number of hydrogen-bond acceptors (Lipinski definition) is 6. The molecule has 0 bridgehead atoms. The molecule has 0 saturated carbocycles. The highest BCUT2D eigenvalue weighted by Crippen LogP contribution is 2.27. The zero-order valence-electron chi connectivity index (χ0n) is 18.1. The van der Waals surface area contributed by atoms with Crippen molar-refractivity contribution in [3.8, 4) is 17.6 Å². The Morgan fingerprint density at radius 3 is 2.26 bits per heavy atom. The second-order valence-electron chi connectivity index (χ2n) is 7.70. The molecule has 3 rings (SSSR count). The highest BCUT2D eigenvalue weighted by atomic mass is 16.3. The van der Waals surface area contributed by atoms with Crippen LogP contribution in [0.1, 0.15) is 30.7 Å². The summed E-state index contributed by atoms with van der Waals surface area (Å²) in [5.41, 5.74) is 0.476. The fourth-order valence-electron chi connectivity index (χ4n) is 3.36. The molecular formula is C22H24N6O3. The lowest BCUT2D eigenvalue weighted by Crippen LogP contribution is -2.24. The number of rotatable bonds is 5. The van der Waals surface area contributed by atoms with Gasteiger partial charge in [-0.1, -0.05) is 32.0 Å². The maximum absolute atomic E-state index is 13.0. The van der Waals surface area contributed by atoms with E-state index in [1.54, 1.807) is 30.8 Å². The third-order valence-electron chi connectivity index (χ3n) is 5.09. The van der Waals surface area contributed by atoms with E-state index in [0.29, 0.717) is 11.4 Å². The lowest BCUT2D eigenvalue weighted by molar-refractivity contribution is 0.381. The number of pyridine rings is 1. The number of hydrogen-bond donors (Lipinski definition) is 1. The van der Waals surface area contributed by atoms with Crippen molar-refractivity contribution in [3.05, 3.63) is 67.9 Å². The van der Waals surface area contributed by atoms with Gasteiger partial charge >= 0.3 is 0 Å². The molecule has 0 fully saturated rings. The lowest BCUT2D eigenvalue weighted by atomic mass is 10.1. The summed E-state index contributed by atoms with van der Waals surface area (Å²) >= 11 is 0. The molecule has 2 aromatic heterocycles. The van der Waals surface area contributed by atoms with Crippen molar-refractivity contribution in [2.24, 2.45) is 23.2 Å². The summed E-state index contributed by atoms with van der Waals surface area (Å²) in [5, 5.41) is 28.0. The normalized spacial score (nSPS) is 11.4. The maximum atomic E-state index is 13.0. The Labute approximate surface area is 179 Å². The lowest BCUT2D eigenvalue weighted by Gasteiger charge is -2.14. The number of para-hydroxylation sites is 1. The van der Waals surface area contributed by atoms with Gasteiger partial charge in [0.2, 0.25) is 5.88 Å². The van der Waals surface area contributed by atoms with Crippen LogP contribution in [0.2, 0.25) is 0 Å². The molecule has 160 valence electrons. The molecule has 1 aromatic carbocycles. The van der Waals surface area contributed by atoms with Crippen LogP contribution in [0.3, 0.4) is 0 Å².